The van der Waals surface area contributed by atoms with Crippen molar-refractivity contribution in [3.8, 4) is 0 Å². The van der Waals surface area contributed by atoms with Crippen molar-refractivity contribution < 1.29 is 5.11 Å². The van der Waals surface area contributed by atoms with E-state index in [1.54, 1.807) is 0 Å². The molecule has 15 heavy (non-hydrogen) atoms. The van der Waals surface area contributed by atoms with Crippen LogP contribution in [-0.4, -0.2) is 34.3 Å². The molecule has 1 aromatic rings. The fraction of sp³-hybridized carbons (Fsp3) is 0.556. The van der Waals surface area contributed by atoms with E-state index >= 15 is 0 Å². The molecule has 6 heteroatoms. The zero-order valence-corrected chi connectivity index (χ0v) is 8.98. The van der Waals surface area contributed by atoms with E-state index in [2.05, 4.69) is 9.97 Å². The summed E-state index contributed by atoms with van der Waals surface area (Å²) in [4.78, 5) is 9.81. The Morgan fingerprint density at radius 3 is 3.13 bits per heavy atom. The van der Waals surface area contributed by atoms with Crippen molar-refractivity contribution in [2.75, 3.05) is 23.7 Å². The van der Waals surface area contributed by atoms with Crippen molar-refractivity contribution in [2.24, 2.45) is 0 Å². The highest BCUT2D eigenvalue weighted by molar-refractivity contribution is 6.28. The van der Waals surface area contributed by atoms with Gasteiger partial charge >= 0.3 is 0 Å². The zero-order chi connectivity index (χ0) is 10.8. The lowest BCUT2D eigenvalue weighted by Crippen LogP contribution is -2.39. The normalized spacial score (nSPS) is 21.7. The maximum atomic E-state index is 9.54. The number of piperidine rings is 1. The van der Waals surface area contributed by atoms with E-state index in [9.17, 15) is 5.11 Å². The monoisotopic (exact) mass is 228 g/mol. The van der Waals surface area contributed by atoms with Gasteiger partial charge in [-0.3, -0.25) is 0 Å². The summed E-state index contributed by atoms with van der Waals surface area (Å²) in [6.07, 6.45) is 2.94. The topological polar surface area (TPSA) is 75.3 Å². The van der Waals surface area contributed by atoms with Crippen molar-refractivity contribution >= 4 is 23.1 Å². The molecule has 2 rings (SSSR count). The molecule has 1 aliphatic rings. The van der Waals surface area contributed by atoms with Crippen LogP contribution in [0.3, 0.4) is 0 Å². The maximum absolute atomic E-state index is 9.54. The summed E-state index contributed by atoms with van der Waals surface area (Å²) in [6, 6.07) is 0. The van der Waals surface area contributed by atoms with Crippen LogP contribution in [0.5, 0.6) is 0 Å². The summed E-state index contributed by atoms with van der Waals surface area (Å²) in [6.45, 7) is 1.39. The first-order valence-electron chi connectivity index (χ1n) is 4.88. The highest BCUT2D eigenvalue weighted by Gasteiger charge is 2.20. The number of hydrogen-bond donors (Lipinski definition) is 2. The SMILES string of the molecule is Nc1cnc(Cl)nc1N1CCCC(O)C1. The van der Waals surface area contributed by atoms with Gasteiger partial charge in [-0.15, -0.1) is 0 Å². The maximum Gasteiger partial charge on any atom is 0.224 e. The Kier molecular flexibility index (Phi) is 2.93. The molecule has 0 aliphatic carbocycles. The molecule has 3 N–H and O–H groups in total. The van der Waals surface area contributed by atoms with Gasteiger partial charge in [-0.2, -0.15) is 4.98 Å². The average molecular weight is 229 g/mol. The van der Waals surface area contributed by atoms with Gasteiger partial charge < -0.3 is 15.7 Å². The molecular weight excluding hydrogens is 216 g/mol. The number of nitrogens with zero attached hydrogens (tertiary/aromatic N) is 3. The molecular formula is C9H13ClN4O. The second-order valence-electron chi connectivity index (χ2n) is 3.66. The number of halogens is 1. The van der Waals surface area contributed by atoms with Crippen LogP contribution in [0.2, 0.25) is 5.28 Å². The van der Waals surface area contributed by atoms with Crippen LogP contribution in [-0.2, 0) is 0 Å². The molecule has 1 aromatic heterocycles. The third kappa shape index (κ3) is 2.30. The molecule has 0 amide bonds. The van der Waals surface area contributed by atoms with Crippen molar-refractivity contribution in [3.63, 3.8) is 0 Å². The Balaban J connectivity index is 2.24. The van der Waals surface area contributed by atoms with Crippen LogP contribution in [0.15, 0.2) is 6.20 Å². The van der Waals surface area contributed by atoms with Gasteiger partial charge in [0.25, 0.3) is 0 Å². The Morgan fingerprint density at radius 2 is 2.40 bits per heavy atom. The Labute approximate surface area is 92.9 Å². The third-order valence-electron chi connectivity index (χ3n) is 2.46. The Hall–Kier alpha value is -1.07. The molecule has 2 heterocycles. The minimum absolute atomic E-state index is 0.180. The number of nitrogens with two attached hydrogens (primary N) is 1. The molecule has 0 spiro atoms. The number of β-amino-alcohol motifs (C(OH)–C–C–N with tert-alkyl or cyclic N) is 1. The van der Waals surface area contributed by atoms with E-state index in [4.69, 9.17) is 17.3 Å². The number of nitrogen functional groups attached to an aromatic ring is 1. The molecule has 1 aliphatic heterocycles. The molecule has 82 valence electrons. The fourth-order valence-electron chi connectivity index (χ4n) is 1.76. The molecule has 1 unspecified atom stereocenters. The van der Waals surface area contributed by atoms with Crippen molar-refractivity contribution in [1.82, 2.24) is 9.97 Å². The molecule has 1 atom stereocenters. The van der Waals surface area contributed by atoms with Gasteiger partial charge in [-0.05, 0) is 24.4 Å². The molecule has 5 nitrogen and oxygen atoms in total. The van der Waals surface area contributed by atoms with E-state index in [0.717, 1.165) is 19.4 Å². The lowest BCUT2D eigenvalue weighted by Gasteiger charge is -2.31. The highest BCUT2D eigenvalue weighted by Crippen LogP contribution is 2.24. The Morgan fingerprint density at radius 1 is 1.60 bits per heavy atom. The van der Waals surface area contributed by atoms with E-state index in [1.807, 2.05) is 4.90 Å². The van der Waals surface area contributed by atoms with Crippen molar-refractivity contribution in [2.45, 2.75) is 18.9 Å². The van der Waals surface area contributed by atoms with Gasteiger partial charge in [0, 0.05) is 13.1 Å². The Bertz CT molecular complexity index is 360. The number of aromatic nitrogens is 2. The second kappa shape index (κ2) is 4.20. The van der Waals surface area contributed by atoms with E-state index in [0.29, 0.717) is 18.1 Å². The molecule has 1 fully saturated rings. The second-order valence-corrected chi connectivity index (χ2v) is 4.00. The summed E-state index contributed by atoms with van der Waals surface area (Å²) in [5.41, 5.74) is 6.25. The van der Waals surface area contributed by atoms with Gasteiger partial charge in [0.1, 0.15) is 0 Å². The molecule has 0 aromatic carbocycles. The first-order valence-corrected chi connectivity index (χ1v) is 5.25. The number of aliphatic hydroxyl groups excluding tert-OH is 1. The lowest BCUT2D eigenvalue weighted by molar-refractivity contribution is 0.154. The van der Waals surface area contributed by atoms with Crippen LogP contribution in [0.25, 0.3) is 0 Å². The summed E-state index contributed by atoms with van der Waals surface area (Å²) < 4.78 is 0. The highest BCUT2D eigenvalue weighted by atomic mass is 35.5. The third-order valence-corrected chi connectivity index (χ3v) is 2.64. The zero-order valence-electron chi connectivity index (χ0n) is 8.23. The molecule has 0 saturated carbocycles. The average Bonchev–Trinajstić information content (AvgIpc) is 2.22. The summed E-state index contributed by atoms with van der Waals surface area (Å²) in [5, 5.41) is 9.72. The minimum Gasteiger partial charge on any atom is -0.394 e. The largest absolute Gasteiger partial charge is 0.394 e. The number of anilines is 2. The summed E-state index contributed by atoms with van der Waals surface area (Å²) in [5.74, 6) is 0.619. The van der Waals surface area contributed by atoms with E-state index in [-0.39, 0.29) is 11.4 Å². The quantitative estimate of drug-likeness (QED) is 0.692. The van der Waals surface area contributed by atoms with Gasteiger partial charge in [0.15, 0.2) is 5.82 Å². The van der Waals surface area contributed by atoms with Gasteiger partial charge in [-0.1, -0.05) is 0 Å². The van der Waals surface area contributed by atoms with Crippen LogP contribution in [0.1, 0.15) is 12.8 Å². The van der Waals surface area contributed by atoms with Gasteiger partial charge in [0.05, 0.1) is 18.0 Å². The standard InChI is InChI=1S/C9H13ClN4O/c10-9-12-4-7(11)8(13-9)14-3-1-2-6(15)5-14/h4,6,15H,1-3,5,11H2. The van der Waals surface area contributed by atoms with Gasteiger partial charge in [0.2, 0.25) is 5.28 Å². The lowest BCUT2D eigenvalue weighted by atomic mass is 10.1. The molecule has 1 saturated heterocycles. The van der Waals surface area contributed by atoms with E-state index < -0.39 is 0 Å². The fourth-order valence-corrected chi connectivity index (χ4v) is 1.89. The summed E-state index contributed by atoms with van der Waals surface area (Å²) >= 11 is 5.71. The molecule has 0 bridgehead atoms. The first-order chi connectivity index (χ1) is 7.16. The van der Waals surface area contributed by atoms with Crippen LogP contribution < -0.4 is 10.6 Å². The minimum atomic E-state index is -0.313. The number of aliphatic hydroxyl groups is 1. The van der Waals surface area contributed by atoms with Crippen LogP contribution in [0.4, 0.5) is 11.5 Å². The van der Waals surface area contributed by atoms with Crippen molar-refractivity contribution in [1.29, 1.82) is 0 Å². The van der Waals surface area contributed by atoms with Gasteiger partial charge in [-0.25, -0.2) is 4.98 Å². The predicted molar refractivity (Wildman–Crippen MR) is 58.9 cm³/mol. The van der Waals surface area contributed by atoms with Crippen LogP contribution >= 0.6 is 11.6 Å². The van der Waals surface area contributed by atoms with Crippen molar-refractivity contribution in [3.05, 3.63) is 11.5 Å². The predicted octanol–water partition coefficient (Wildman–Crippen LogP) is 0.673. The number of hydrogen-bond acceptors (Lipinski definition) is 5. The smallest absolute Gasteiger partial charge is 0.224 e. The van der Waals surface area contributed by atoms with E-state index in [1.165, 1.54) is 6.20 Å². The first kappa shape index (κ1) is 10.4. The molecule has 0 radical (unpaired) electrons. The van der Waals surface area contributed by atoms with Crippen LogP contribution in [0, 0.1) is 0 Å². The summed E-state index contributed by atoms with van der Waals surface area (Å²) in [7, 11) is 0. The number of rotatable bonds is 1.